The molecule has 3 aromatic rings. The van der Waals surface area contributed by atoms with Gasteiger partial charge in [0.15, 0.2) is 11.5 Å². The zero-order chi connectivity index (χ0) is 23.7. The van der Waals surface area contributed by atoms with Crippen LogP contribution in [-0.2, 0) is 0 Å². The highest BCUT2D eigenvalue weighted by atomic mass is 79.9. The molecule has 0 fully saturated rings. The van der Waals surface area contributed by atoms with Crippen LogP contribution in [0.15, 0.2) is 62.5 Å². The lowest BCUT2D eigenvalue weighted by atomic mass is 9.97. The van der Waals surface area contributed by atoms with Gasteiger partial charge in [-0.3, -0.25) is 0 Å². The normalized spacial score (nSPS) is 18.7. The van der Waals surface area contributed by atoms with Crippen molar-refractivity contribution in [1.29, 1.82) is 0 Å². The third-order valence-electron chi connectivity index (χ3n) is 6.25. The molecule has 0 unspecified atom stereocenters. The number of rotatable bonds is 8. The quantitative estimate of drug-likeness (QED) is 0.292. The van der Waals surface area contributed by atoms with Crippen molar-refractivity contribution in [3.8, 4) is 17.2 Å². The maximum absolute atomic E-state index is 6.50. The molecular weight excluding hydrogens is 496 g/mol. The van der Waals surface area contributed by atoms with Crippen molar-refractivity contribution >= 4 is 21.6 Å². The van der Waals surface area contributed by atoms with Gasteiger partial charge >= 0.3 is 0 Å². The van der Waals surface area contributed by atoms with Crippen LogP contribution < -0.4 is 14.2 Å². The third-order valence-corrected chi connectivity index (χ3v) is 6.75. The smallest absolute Gasteiger partial charge is 0.214 e. The zero-order valence-electron chi connectivity index (χ0n) is 19.7. The van der Waals surface area contributed by atoms with Crippen LogP contribution in [0.2, 0.25) is 0 Å². The van der Waals surface area contributed by atoms with Gasteiger partial charge in [0.2, 0.25) is 6.23 Å². The zero-order valence-corrected chi connectivity index (χ0v) is 21.3. The van der Waals surface area contributed by atoms with Gasteiger partial charge in [0.1, 0.15) is 23.0 Å². The molecular formula is C27H29BrN2O4. The lowest BCUT2D eigenvalue weighted by Gasteiger charge is -2.38. The van der Waals surface area contributed by atoms with E-state index in [4.69, 9.17) is 23.7 Å². The molecule has 5 rings (SSSR count). The molecule has 6 nitrogen and oxygen atoms in total. The van der Waals surface area contributed by atoms with Crippen molar-refractivity contribution in [2.24, 2.45) is 5.10 Å². The fourth-order valence-electron chi connectivity index (χ4n) is 4.51. The average molecular weight is 525 g/mol. The van der Waals surface area contributed by atoms with Gasteiger partial charge in [-0.15, -0.1) is 0 Å². The summed E-state index contributed by atoms with van der Waals surface area (Å²) in [7, 11) is 1.67. The second-order valence-electron chi connectivity index (χ2n) is 8.68. The molecule has 0 aliphatic carbocycles. The van der Waals surface area contributed by atoms with Gasteiger partial charge in [-0.1, -0.05) is 35.7 Å². The first-order chi connectivity index (χ1) is 16.6. The maximum Gasteiger partial charge on any atom is 0.214 e. The molecule has 2 aliphatic heterocycles. The SMILES string of the molecule is CCCCCOc1ccc([C@@H]2Oc3ccc(Br)cc3[C@H]3CC(c4ccc(C)o4)=NN32)cc1OC. The third kappa shape index (κ3) is 4.41. The first kappa shape index (κ1) is 22.8. The van der Waals surface area contributed by atoms with Crippen molar-refractivity contribution in [3.63, 3.8) is 0 Å². The van der Waals surface area contributed by atoms with Crippen LogP contribution in [0.1, 0.15) is 67.5 Å². The van der Waals surface area contributed by atoms with E-state index in [0.717, 1.165) is 70.0 Å². The largest absolute Gasteiger partial charge is 0.493 e. The Balaban J connectivity index is 1.49. The van der Waals surface area contributed by atoms with E-state index >= 15 is 0 Å². The number of hydrogen-bond donors (Lipinski definition) is 0. The number of fused-ring (bicyclic) bond motifs is 3. The molecule has 2 aliphatic rings. The van der Waals surface area contributed by atoms with E-state index in [1.807, 2.05) is 54.4 Å². The van der Waals surface area contributed by atoms with Crippen LogP contribution >= 0.6 is 15.9 Å². The molecule has 7 heteroatoms. The van der Waals surface area contributed by atoms with Gasteiger partial charge in [0, 0.05) is 22.0 Å². The number of halogens is 1. The summed E-state index contributed by atoms with van der Waals surface area (Å²) in [5.74, 6) is 3.98. The van der Waals surface area contributed by atoms with Crippen molar-refractivity contribution in [3.05, 3.63) is 75.7 Å². The highest BCUT2D eigenvalue weighted by Gasteiger charge is 2.42. The van der Waals surface area contributed by atoms with Crippen molar-refractivity contribution in [1.82, 2.24) is 5.01 Å². The summed E-state index contributed by atoms with van der Waals surface area (Å²) in [4.78, 5) is 0. The Bertz CT molecular complexity index is 1210. The summed E-state index contributed by atoms with van der Waals surface area (Å²) in [6.07, 6.45) is 3.69. The Morgan fingerprint density at radius 2 is 1.97 bits per heavy atom. The number of benzene rings is 2. The number of hydrogen-bond acceptors (Lipinski definition) is 6. The Morgan fingerprint density at radius 3 is 2.74 bits per heavy atom. The average Bonchev–Trinajstić information content (AvgIpc) is 3.48. The summed E-state index contributed by atoms with van der Waals surface area (Å²) in [6, 6.07) is 16.1. The summed E-state index contributed by atoms with van der Waals surface area (Å²) in [5, 5.41) is 7.01. The number of furan rings is 1. The fourth-order valence-corrected chi connectivity index (χ4v) is 4.89. The molecule has 1 aromatic heterocycles. The number of hydrazone groups is 1. The molecule has 2 aromatic carbocycles. The lowest BCUT2D eigenvalue weighted by Crippen LogP contribution is -2.33. The number of aryl methyl sites for hydroxylation is 1. The number of methoxy groups -OCH3 is 1. The van der Waals surface area contributed by atoms with Crippen LogP contribution in [0.25, 0.3) is 0 Å². The molecule has 0 N–H and O–H groups in total. The second-order valence-corrected chi connectivity index (χ2v) is 9.59. The minimum absolute atomic E-state index is 0.0441. The monoisotopic (exact) mass is 524 g/mol. The Kier molecular flexibility index (Phi) is 6.55. The number of nitrogens with zero attached hydrogens (tertiary/aromatic N) is 2. The molecule has 34 heavy (non-hydrogen) atoms. The van der Waals surface area contributed by atoms with E-state index in [1.54, 1.807) is 7.11 Å². The molecule has 2 atom stereocenters. The fraction of sp³-hybridized carbons (Fsp3) is 0.370. The van der Waals surface area contributed by atoms with Crippen molar-refractivity contribution in [2.45, 2.75) is 51.8 Å². The van der Waals surface area contributed by atoms with Crippen LogP contribution in [0, 0.1) is 6.92 Å². The summed E-state index contributed by atoms with van der Waals surface area (Å²) >= 11 is 3.61. The Hall–Kier alpha value is -2.93. The molecule has 0 spiro atoms. The van der Waals surface area contributed by atoms with Crippen LogP contribution in [0.5, 0.6) is 17.2 Å². The second kappa shape index (κ2) is 9.74. The predicted molar refractivity (Wildman–Crippen MR) is 135 cm³/mol. The summed E-state index contributed by atoms with van der Waals surface area (Å²) < 4.78 is 25.1. The van der Waals surface area contributed by atoms with E-state index in [2.05, 4.69) is 28.9 Å². The van der Waals surface area contributed by atoms with Crippen molar-refractivity contribution < 1.29 is 18.6 Å². The summed E-state index contributed by atoms with van der Waals surface area (Å²) in [5.41, 5.74) is 2.98. The molecule has 0 bridgehead atoms. The van der Waals surface area contributed by atoms with E-state index < -0.39 is 6.23 Å². The standard InChI is InChI=1S/C27H29BrN2O4/c1-4-5-6-13-32-25-11-8-18(14-26(25)31-3)27-30-22(20-15-19(28)9-12-23(20)34-27)16-21(29-30)24-10-7-17(2)33-24/h7-12,14-15,22,27H,4-6,13,16H2,1-3H3/t22-,27+/m1/s1. The molecule has 0 saturated carbocycles. The highest BCUT2D eigenvalue weighted by Crippen LogP contribution is 2.49. The minimum atomic E-state index is -0.393. The molecule has 178 valence electrons. The predicted octanol–water partition coefficient (Wildman–Crippen LogP) is 7.17. The van der Waals surface area contributed by atoms with Crippen LogP contribution in [0.4, 0.5) is 0 Å². The Labute approximate surface area is 208 Å². The van der Waals surface area contributed by atoms with Gasteiger partial charge in [0.05, 0.1) is 19.8 Å². The van der Waals surface area contributed by atoms with E-state index in [-0.39, 0.29) is 6.04 Å². The summed E-state index contributed by atoms with van der Waals surface area (Å²) in [6.45, 7) is 4.81. The van der Waals surface area contributed by atoms with Crippen molar-refractivity contribution in [2.75, 3.05) is 13.7 Å². The van der Waals surface area contributed by atoms with Gasteiger partial charge in [-0.2, -0.15) is 5.10 Å². The first-order valence-corrected chi connectivity index (χ1v) is 12.6. The Morgan fingerprint density at radius 1 is 1.09 bits per heavy atom. The maximum atomic E-state index is 6.50. The number of unbranched alkanes of at least 4 members (excludes halogenated alkanes) is 2. The highest BCUT2D eigenvalue weighted by molar-refractivity contribution is 9.10. The molecule has 0 radical (unpaired) electrons. The minimum Gasteiger partial charge on any atom is -0.493 e. The van der Waals surface area contributed by atoms with Gasteiger partial charge in [0.25, 0.3) is 0 Å². The van der Waals surface area contributed by atoms with Gasteiger partial charge in [-0.05, 0) is 61.9 Å². The van der Waals surface area contributed by atoms with Crippen LogP contribution in [-0.4, -0.2) is 24.4 Å². The van der Waals surface area contributed by atoms with Gasteiger partial charge in [-0.25, -0.2) is 5.01 Å². The lowest BCUT2D eigenvalue weighted by molar-refractivity contribution is -0.0192. The van der Waals surface area contributed by atoms with E-state index in [9.17, 15) is 0 Å². The van der Waals surface area contributed by atoms with Gasteiger partial charge < -0.3 is 18.6 Å². The molecule has 0 saturated heterocycles. The molecule has 0 amide bonds. The topological polar surface area (TPSA) is 56.4 Å². The first-order valence-electron chi connectivity index (χ1n) is 11.8. The van der Waals surface area contributed by atoms with Crippen LogP contribution in [0.3, 0.4) is 0 Å². The number of ether oxygens (including phenoxy) is 3. The van der Waals surface area contributed by atoms with E-state index in [0.29, 0.717) is 12.4 Å². The molecule has 3 heterocycles. The van der Waals surface area contributed by atoms with E-state index in [1.165, 1.54) is 0 Å².